The number of hydrogen-bond donors (Lipinski definition) is 0. The minimum absolute atomic E-state index is 0.233. The molecule has 2 unspecified atom stereocenters. The number of ether oxygens (including phenoxy) is 5. The summed E-state index contributed by atoms with van der Waals surface area (Å²) in [4.78, 5) is 52.6. The lowest BCUT2D eigenvalue weighted by Gasteiger charge is -2.43. The van der Waals surface area contributed by atoms with E-state index in [1.165, 1.54) is 0 Å². The van der Waals surface area contributed by atoms with Gasteiger partial charge < -0.3 is 23.7 Å². The lowest BCUT2D eigenvalue weighted by Crippen LogP contribution is -2.61. The topological polar surface area (TPSA) is 114 Å². The Morgan fingerprint density at radius 2 is 0.841 bits per heavy atom. The molecule has 0 bridgehead atoms. The molecule has 9 heteroatoms. The number of esters is 4. The summed E-state index contributed by atoms with van der Waals surface area (Å²) < 4.78 is 29.5. The molecule has 1 fully saturated rings. The van der Waals surface area contributed by atoms with E-state index >= 15 is 0 Å². The van der Waals surface area contributed by atoms with E-state index in [4.69, 9.17) is 23.7 Å². The first-order valence-corrected chi connectivity index (χ1v) is 14.1. The summed E-state index contributed by atoms with van der Waals surface area (Å²) in [5, 5.41) is 0. The minimum atomic E-state index is -1.33. The summed E-state index contributed by atoms with van der Waals surface area (Å²) in [6.45, 7) is 1.29. The van der Waals surface area contributed by atoms with Crippen molar-refractivity contribution in [2.45, 2.75) is 37.4 Å². The Hall–Kier alpha value is -5.28. The normalized spacial score (nSPS) is 21.0. The van der Waals surface area contributed by atoms with Crippen LogP contribution in [0.1, 0.15) is 48.4 Å². The number of carbonyl (C=O) groups excluding carboxylic acids is 4. The van der Waals surface area contributed by atoms with Crippen molar-refractivity contribution in [1.29, 1.82) is 0 Å². The fourth-order valence-corrected chi connectivity index (χ4v) is 4.78. The highest BCUT2D eigenvalue weighted by Crippen LogP contribution is 2.31. The highest BCUT2D eigenvalue weighted by molar-refractivity contribution is 5.91. The average Bonchev–Trinajstić information content (AvgIpc) is 3.07. The Morgan fingerprint density at radius 1 is 0.500 bits per heavy atom. The third-order valence-corrected chi connectivity index (χ3v) is 7.01. The predicted octanol–water partition coefficient (Wildman–Crippen LogP) is 5.31. The molecular weight excluding hydrogens is 564 g/mol. The highest BCUT2D eigenvalue weighted by Gasteiger charge is 2.51. The van der Waals surface area contributed by atoms with Crippen LogP contribution in [-0.2, 0) is 23.7 Å². The summed E-state index contributed by atoms with van der Waals surface area (Å²) in [6, 6.07) is 33.1. The van der Waals surface area contributed by atoms with E-state index in [1.54, 1.807) is 128 Å². The molecule has 224 valence electrons. The van der Waals surface area contributed by atoms with E-state index in [0.29, 0.717) is 5.56 Å². The van der Waals surface area contributed by atoms with Crippen LogP contribution in [0.3, 0.4) is 0 Å². The molecule has 9 nitrogen and oxygen atoms in total. The molecule has 4 aromatic carbocycles. The van der Waals surface area contributed by atoms with E-state index in [-0.39, 0.29) is 23.3 Å². The maximum atomic E-state index is 13.4. The van der Waals surface area contributed by atoms with Crippen molar-refractivity contribution in [3.8, 4) is 0 Å². The summed E-state index contributed by atoms with van der Waals surface area (Å²) in [7, 11) is 0. The van der Waals surface area contributed by atoms with Gasteiger partial charge in [0.05, 0.1) is 28.4 Å². The van der Waals surface area contributed by atoms with Crippen LogP contribution in [0.4, 0.5) is 0 Å². The molecule has 1 heterocycles. The largest absolute Gasteiger partial charge is 0.459 e. The van der Waals surface area contributed by atoms with Crippen molar-refractivity contribution in [3.63, 3.8) is 0 Å². The van der Waals surface area contributed by atoms with Gasteiger partial charge in [0.2, 0.25) is 0 Å². The Balaban J connectivity index is 1.48. The molecule has 0 amide bonds. The Bertz CT molecular complexity index is 1560. The molecule has 0 spiro atoms. The maximum absolute atomic E-state index is 13.4. The highest BCUT2D eigenvalue weighted by atomic mass is 16.7. The van der Waals surface area contributed by atoms with Gasteiger partial charge in [0.1, 0.15) is 12.7 Å². The monoisotopic (exact) mass is 594 g/mol. The van der Waals surface area contributed by atoms with Crippen LogP contribution in [0.2, 0.25) is 0 Å². The van der Waals surface area contributed by atoms with Gasteiger partial charge in [-0.2, -0.15) is 0 Å². The lowest BCUT2D eigenvalue weighted by molar-refractivity contribution is -0.224. The van der Waals surface area contributed by atoms with Crippen molar-refractivity contribution in [2.75, 3.05) is 6.61 Å². The van der Waals surface area contributed by atoms with E-state index in [1.807, 2.05) is 0 Å². The van der Waals surface area contributed by atoms with Crippen molar-refractivity contribution in [3.05, 3.63) is 144 Å². The molecule has 0 aromatic heterocycles. The zero-order chi connectivity index (χ0) is 30.9. The molecule has 1 aliphatic heterocycles. The Labute approximate surface area is 254 Å². The van der Waals surface area contributed by atoms with Gasteiger partial charge in [-0.3, -0.25) is 0 Å². The summed E-state index contributed by atoms with van der Waals surface area (Å²) in [6.07, 6.45) is -5.78. The number of hydrogen-bond acceptors (Lipinski definition) is 9. The maximum Gasteiger partial charge on any atom is 0.338 e. The molecule has 1 saturated heterocycles. The fourth-order valence-electron chi connectivity index (χ4n) is 4.78. The molecule has 1 aliphatic rings. The SMILES string of the molecule is C[C@H]1OC(COC(=O)c2ccccc2)[C@@H](OC(=O)c2ccccc2)[C@H](OC(=O)c2ccccc2)C1OC(=O)c1ccccc1. The minimum Gasteiger partial charge on any atom is -0.459 e. The van der Waals surface area contributed by atoms with E-state index < -0.39 is 54.4 Å². The Kier molecular flexibility index (Phi) is 9.78. The van der Waals surface area contributed by atoms with Crippen molar-refractivity contribution < 1.29 is 42.9 Å². The summed E-state index contributed by atoms with van der Waals surface area (Å²) in [5.41, 5.74) is 1.05. The third-order valence-electron chi connectivity index (χ3n) is 7.01. The number of benzene rings is 4. The molecule has 4 aromatic rings. The van der Waals surface area contributed by atoms with Crippen LogP contribution in [0.15, 0.2) is 121 Å². The smallest absolute Gasteiger partial charge is 0.338 e. The van der Waals surface area contributed by atoms with Crippen molar-refractivity contribution in [2.24, 2.45) is 0 Å². The molecule has 0 radical (unpaired) electrons. The van der Waals surface area contributed by atoms with E-state index in [2.05, 4.69) is 0 Å². The number of rotatable bonds is 9. The zero-order valence-corrected chi connectivity index (χ0v) is 23.8. The van der Waals surface area contributed by atoms with Gasteiger partial charge in [0.25, 0.3) is 0 Å². The van der Waals surface area contributed by atoms with Crippen LogP contribution in [0.25, 0.3) is 0 Å². The first-order valence-electron chi connectivity index (χ1n) is 14.1. The first kappa shape index (κ1) is 30.2. The van der Waals surface area contributed by atoms with Gasteiger partial charge in [0.15, 0.2) is 18.3 Å². The first-order chi connectivity index (χ1) is 21.4. The number of carbonyl (C=O) groups is 4. The fraction of sp³-hybridized carbons (Fsp3) is 0.200. The molecule has 0 aliphatic carbocycles. The Morgan fingerprint density at radius 3 is 1.25 bits per heavy atom. The summed E-state index contributed by atoms with van der Waals surface area (Å²) in [5.74, 6) is -2.77. The second-order valence-electron chi connectivity index (χ2n) is 10.1. The van der Waals surface area contributed by atoms with Crippen LogP contribution in [-0.4, -0.2) is 61.0 Å². The lowest BCUT2D eigenvalue weighted by atomic mass is 9.94. The van der Waals surface area contributed by atoms with Crippen LogP contribution >= 0.6 is 0 Å². The molecule has 0 N–H and O–H groups in total. The van der Waals surface area contributed by atoms with E-state index in [0.717, 1.165) is 0 Å². The third kappa shape index (κ3) is 7.37. The molecule has 0 saturated carbocycles. The molecule has 44 heavy (non-hydrogen) atoms. The predicted molar refractivity (Wildman–Crippen MR) is 158 cm³/mol. The van der Waals surface area contributed by atoms with Gasteiger partial charge in [-0.25, -0.2) is 19.2 Å². The van der Waals surface area contributed by atoms with Crippen LogP contribution in [0, 0.1) is 0 Å². The van der Waals surface area contributed by atoms with Gasteiger partial charge >= 0.3 is 23.9 Å². The van der Waals surface area contributed by atoms with Crippen molar-refractivity contribution in [1.82, 2.24) is 0 Å². The van der Waals surface area contributed by atoms with Gasteiger partial charge in [-0.05, 0) is 55.5 Å². The second-order valence-corrected chi connectivity index (χ2v) is 10.1. The standard InChI is InChI=1S/C35H30O9/c1-23-29(42-33(37)25-16-8-3-9-17-25)31(44-35(39)27-20-12-5-13-21-27)30(43-34(38)26-18-10-4-11-19-26)28(41-23)22-40-32(36)24-14-6-2-7-15-24/h2-21,23,28-31H,22H2,1H3/t23-,28?,29?,30-,31-/m1/s1. The molecule has 5 atom stereocenters. The summed E-state index contributed by atoms with van der Waals surface area (Å²) >= 11 is 0. The average molecular weight is 595 g/mol. The van der Waals surface area contributed by atoms with Crippen LogP contribution < -0.4 is 0 Å². The zero-order valence-electron chi connectivity index (χ0n) is 23.8. The second kappa shape index (κ2) is 14.3. The van der Waals surface area contributed by atoms with Gasteiger partial charge in [-0.15, -0.1) is 0 Å². The molecule has 5 rings (SSSR count). The van der Waals surface area contributed by atoms with Crippen molar-refractivity contribution >= 4 is 23.9 Å². The quantitative estimate of drug-likeness (QED) is 0.188. The molecular formula is C35H30O9. The van der Waals surface area contributed by atoms with E-state index in [9.17, 15) is 19.2 Å². The van der Waals surface area contributed by atoms with Gasteiger partial charge in [0, 0.05) is 0 Å². The van der Waals surface area contributed by atoms with Crippen LogP contribution in [0.5, 0.6) is 0 Å². The van der Waals surface area contributed by atoms with Gasteiger partial charge in [-0.1, -0.05) is 72.8 Å².